The van der Waals surface area contributed by atoms with E-state index in [1.165, 1.54) is 61.0 Å². The number of anilines is 2. The van der Waals surface area contributed by atoms with Crippen LogP contribution in [0, 0.1) is 0 Å². The van der Waals surface area contributed by atoms with Gasteiger partial charge < -0.3 is 15.6 Å². The Morgan fingerprint density at radius 3 is 1.86 bits per heavy atom. The molecule has 4 N–H and O–H groups in total. The predicted octanol–water partition coefficient (Wildman–Crippen LogP) is 5.05. The average molecular weight is 605 g/mol. The maximum atomic E-state index is 12.7. The lowest BCUT2D eigenvalue weighted by molar-refractivity contribution is 0.101. The first-order chi connectivity index (χ1) is 19.6. The van der Waals surface area contributed by atoms with Crippen molar-refractivity contribution < 1.29 is 26.8 Å². The van der Waals surface area contributed by atoms with Gasteiger partial charge in [0.05, 0.1) is 20.8 Å². The Kier molecular flexibility index (Phi) is 7.09. The fourth-order valence-electron chi connectivity index (χ4n) is 4.19. The van der Waals surface area contributed by atoms with Gasteiger partial charge in [0.15, 0.2) is 9.84 Å². The van der Waals surface area contributed by atoms with Crippen LogP contribution in [-0.2, 0) is 19.2 Å². The number of benzene rings is 4. The highest BCUT2D eigenvalue weighted by Crippen LogP contribution is 2.27. The van der Waals surface area contributed by atoms with Crippen molar-refractivity contribution in [3.63, 3.8) is 0 Å². The topological polar surface area (TPSA) is 158 Å². The second-order valence-corrected chi connectivity index (χ2v) is 16.4. The number of carbonyl (C=O) groups excluding carboxylic acids is 2. The van der Waals surface area contributed by atoms with Gasteiger partial charge in [-0.3, -0.25) is 14.1 Å². The number of imidazole rings is 1. The number of amides is 2. The van der Waals surface area contributed by atoms with E-state index in [0.717, 1.165) is 11.8 Å². The molecule has 0 fully saturated rings. The molecule has 0 saturated carbocycles. The zero-order valence-corrected chi connectivity index (χ0v) is 24.5. The Balaban J connectivity index is 1.26. The Bertz CT molecular complexity index is 2000. The average Bonchev–Trinajstić information content (AvgIpc) is 3.36. The van der Waals surface area contributed by atoms with Gasteiger partial charge in [-0.15, -0.1) is 0 Å². The van der Waals surface area contributed by atoms with Crippen LogP contribution < -0.4 is 10.6 Å². The second kappa shape index (κ2) is 10.3. The molecule has 0 spiro atoms. The number of carbonyl (C=O) groups is 2. The van der Waals surface area contributed by atoms with Crippen molar-refractivity contribution >= 4 is 53.4 Å². The molecule has 0 unspecified atom stereocenters. The number of aromatic amines is 1. The van der Waals surface area contributed by atoms with Gasteiger partial charge in [-0.25, -0.2) is 17.6 Å². The summed E-state index contributed by atoms with van der Waals surface area (Å²) >= 11 is 0. The van der Waals surface area contributed by atoms with Crippen LogP contribution in [0.3, 0.4) is 0 Å². The lowest BCUT2D eigenvalue weighted by atomic mass is 10.1. The van der Waals surface area contributed by atoms with Gasteiger partial charge in [0.25, 0.3) is 11.8 Å². The van der Waals surface area contributed by atoms with E-state index >= 15 is 0 Å². The van der Waals surface area contributed by atoms with Crippen LogP contribution >= 0.6 is 0 Å². The molecule has 0 aliphatic rings. The molecule has 2 amide bonds. The maximum absolute atomic E-state index is 12.7. The van der Waals surface area contributed by atoms with Crippen LogP contribution in [0.2, 0.25) is 0 Å². The van der Waals surface area contributed by atoms with Crippen molar-refractivity contribution in [3.8, 4) is 11.4 Å². The number of H-pyrrole nitrogens is 1. The number of aromatic nitrogens is 2. The molecule has 12 heteroatoms. The molecule has 4 aromatic carbocycles. The normalized spacial score (nSPS) is 12.8. The molecule has 0 saturated heterocycles. The summed E-state index contributed by atoms with van der Waals surface area (Å²) in [5.41, 5.74) is 3.95. The van der Waals surface area contributed by atoms with Crippen molar-refractivity contribution in [3.05, 3.63) is 102 Å². The third kappa shape index (κ3) is 6.46. The smallest absolute Gasteiger partial charge is 0.255 e. The number of hydrogen-bond acceptors (Lipinski definition) is 6. The number of nitrogens with zero attached hydrogens (tertiary/aromatic N) is 1. The van der Waals surface area contributed by atoms with E-state index < -0.39 is 19.2 Å². The molecular formula is C30H28N4O6S2. The monoisotopic (exact) mass is 604 g/mol. The van der Waals surface area contributed by atoms with Crippen LogP contribution in [0.5, 0.6) is 0 Å². The molecule has 5 rings (SSSR count). The standard InChI is InChI=1S/C30H28N4O6S2/c1-41(37,38)24-13-6-20(7-14-24)29(35)31-22-10-4-19(5-11-22)28-33-26-17-12-23(18-27(26)34-28)32-30(36)21-8-15-25(16-9-21)42(2,3,39)40/h4-18H,1-3H3,(H,31,35)(H,32,36)(H,33,34)(H,39,40). The van der Waals surface area contributed by atoms with Gasteiger partial charge in [0.2, 0.25) is 0 Å². The molecule has 1 heterocycles. The third-order valence-corrected chi connectivity index (χ3v) is 9.24. The lowest BCUT2D eigenvalue weighted by Gasteiger charge is -2.33. The summed E-state index contributed by atoms with van der Waals surface area (Å²) in [4.78, 5) is 33.6. The molecular weight excluding hydrogens is 576 g/mol. The second-order valence-electron chi connectivity index (χ2n) is 10.4. The summed E-state index contributed by atoms with van der Waals surface area (Å²) in [6.45, 7) is 0. The molecule has 0 aliphatic carbocycles. The molecule has 216 valence electrons. The first kappa shape index (κ1) is 28.9. The number of fused-ring (bicyclic) bond motifs is 1. The largest absolute Gasteiger partial charge is 0.338 e. The van der Waals surface area contributed by atoms with Gasteiger partial charge in [-0.1, -0.05) is 0 Å². The van der Waals surface area contributed by atoms with Crippen molar-refractivity contribution in [1.29, 1.82) is 0 Å². The van der Waals surface area contributed by atoms with Gasteiger partial charge in [-0.2, -0.15) is 9.35 Å². The van der Waals surface area contributed by atoms with Crippen LogP contribution in [-0.4, -0.2) is 57.7 Å². The molecule has 0 atom stereocenters. The Morgan fingerprint density at radius 2 is 1.31 bits per heavy atom. The zero-order chi connectivity index (χ0) is 30.3. The van der Waals surface area contributed by atoms with E-state index in [4.69, 9.17) is 0 Å². The summed E-state index contributed by atoms with van der Waals surface area (Å²) in [5, 5.41) is 5.62. The molecule has 10 nitrogen and oxygen atoms in total. The third-order valence-electron chi connectivity index (χ3n) is 6.49. The summed E-state index contributed by atoms with van der Waals surface area (Å²) in [5.74, 6) is -0.136. The fraction of sp³-hybridized carbons (Fsp3) is 0.100. The van der Waals surface area contributed by atoms with E-state index in [-0.39, 0.29) is 21.6 Å². The Labute approximate surface area is 242 Å². The summed E-state index contributed by atoms with van der Waals surface area (Å²) in [6.07, 6.45) is 3.63. The first-order valence-corrected chi connectivity index (χ1v) is 17.3. The minimum Gasteiger partial charge on any atom is -0.338 e. The Morgan fingerprint density at radius 1 is 0.786 bits per heavy atom. The highest BCUT2D eigenvalue weighted by atomic mass is 32.3. The number of rotatable bonds is 7. The highest BCUT2D eigenvalue weighted by Gasteiger charge is 2.18. The first-order valence-electron chi connectivity index (χ1n) is 12.6. The lowest BCUT2D eigenvalue weighted by Crippen LogP contribution is -2.28. The predicted molar refractivity (Wildman–Crippen MR) is 164 cm³/mol. The van der Waals surface area contributed by atoms with Crippen LogP contribution in [0.1, 0.15) is 20.7 Å². The summed E-state index contributed by atoms with van der Waals surface area (Å²) in [7, 11) is -7.24. The molecule has 0 aliphatic heterocycles. The van der Waals surface area contributed by atoms with E-state index in [0.29, 0.717) is 39.4 Å². The molecule has 0 bridgehead atoms. The summed E-state index contributed by atoms with van der Waals surface area (Å²) < 4.78 is 45.7. The van der Waals surface area contributed by atoms with Crippen molar-refractivity contribution in [2.45, 2.75) is 9.79 Å². The zero-order valence-electron chi connectivity index (χ0n) is 22.9. The van der Waals surface area contributed by atoms with Gasteiger partial charge in [0.1, 0.15) is 5.82 Å². The van der Waals surface area contributed by atoms with E-state index in [1.54, 1.807) is 42.5 Å². The van der Waals surface area contributed by atoms with Gasteiger partial charge >= 0.3 is 0 Å². The number of sulfone groups is 1. The molecule has 1 aromatic heterocycles. The minimum absolute atomic E-state index is 0.140. The quantitative estimate of drug-likeness (QED) is 0.202. The van der Waals surface area contributed by atoms with Crippen molar-refractivity contribution in [1.82, 2.24) is 9.97 Å². The summed E-state index contributed by atoms with van der Waals surface area (Å²) in [6, 6.07) is 24.0. The SMILES string of the molecule is CS(=O)(=O)c1ccc(C(=O)Nc2ccc(-c3nc4ccc(NC(=O)c5ccc(S(C)(C)(=O)O)cc5)cc4[nH]3)cc2)cc1. The van der Waals surface area contributed by atoms with Crippen molar-refractivity contribution in [2.75, 3.05) is 29.4 Å². The fourth-order valence-corrected chi connectivity index (χ4v) is 5.73. The minimum atomic E-state index is -3.90. The van der Waals surface area contributed by atoms with Crippen LogP contribution in [0.25, 0.3) is 22.4 Å². The van der Waals surface area contributed by atoms with E-state index in [1.807, 2.05) is 0 Å². The van der Waals surface area contributed by atoms with Gasteiger partial charge in [0, 0.05) is 46.8 Å². The van der Waals surface area contributed by atoms with E-state index in [2.05, 4.69) is 20.6 Å². The number of hydrogen-bond donors (Lipinski definition) is 4. The van der Waals surface area contributed by atoms with Crippen LogP contribution in [0.15, 0.2) is 101 Å². The van der Waals surface area contributed by atoms with Crippen LogP contribution in [0.4, 0.5) is 11.4 Å². The highest BCUT2D eigenvalue weighted by molar-refractivity contribution is 8.14. The molecule has 5 aromatic rings. The maximum Gasteiger partial charge on any atom is 0.255 e. The van der Waals surface area contributed by atoms with Crippen molar-refractivity contribution in [2.24, 2.45) is 0 Å². The Hall–Kier alpha value is -4.65. The molecule has 42 heavy (non-hydrogen) atoms. The van der Waals surface area contributed by atoms with Gasteiger partial charge in [-0.05, 0) is 91.0 Å². The van der Waals surface area contributed by atoms with E-state index in [9.17, 15) is 26.8 Å². The number of nitrogens with one attached hydrogen (secondary N) is 3. The molecule has 0 radical (unpaired) electrons.